The molecule has 0 radical (unpaired) electrons. The molecule has 0 bridgehead atoms. The van der Waals surface area contributed by atoms with Gasteiger partial charge in [-0.15, -0.1) is 0 Å². The van der Waals surface area contributed by atoms with Crippen LogP contribution in [-0.2, 0) is 6.18 Å². The van der Waals surface area contributed by atoms with Crippen LogP contribution < -0.4 is 34.9 Å². The molecule has 2 rings (SSSR count). The fourth-order valence-electron chi connectivity index (χ4n) is 1.71. The van der Waals surface area contributed by atoms with E-state index in [1.54, 1.807) is 12.1 Å². The Bertz CT molecular complexity index is 650. The number of para-hydroxylation sites is 1. The molecule has 21 heavy (non-hydrogen) atoms. The van der Waals surface area contributed by atoms with Gasteiger partial charge in [-0.2, -0.15) is 13.2 Å². The largest absolute Gasteiger partial charge is 1.00 e. The van der Waals surface area contributed by atoms with Crippen molar-refractivity contribution in [1.29, 1.82) is 0 Å². The molecule has 0 atom stereocenters. The van der Waals surface area contributed by atoms with Crippen molar-refractivity contribution in [3.05, 3.63) is 59.7 Å². The molecular formula is C14H11F3NNaO2. The van der Waals surface area contributed by atoms with Gasteiger partial charge in [0.15, 0.2) is 0 Å². The van der Waals surface area contributed by atoms with Gasteiger partial charge in [0.05, 0.1) is 16.8 Å². The van der Waals surface area contributed by atoms with Gasteiger partial charge >= 0.3 is 41.7 Å². The zero-order valence-electron chi connectivity index (χ0n) is 12.1. The number of carboxylic acids is 1. The minimum Gasteiger partial charge on any atom is -1.00 e. The van der Waals surface area contributed by atoms with Crippen LogP contribution in [0.1, 0.15) is 17.3 Å². The van der Waals surface area contributed by atoms with Crippen LogP contribution in [0, 0.1) is 0 Å². The number of rotatable bonds is 3. The number of carboxylic acid groups (broad SMARTS) is 1. The van der Waals surface area contributed by atoms with E-state index in [1.807, 2.05) is 0 Å². The molecular weight excluding hydrogens is 294 g/mol. The number of hydrogen-bond donors (Lipinski definition) is 2. The number of hydrogen-bond acceptors (Lipinski definition) is 2. The normalized spacial score (nSPS) is 10.6. The Balaban J connectivity index is 0.00000220. The average molecular weight is 305 g/mol. The molecule has 0 amide bonds. The predicted octanol–water partition coefficient (Wildman–Crippen LogP) is 1.26. The molecule has 0 aromatic heterocycles. The summed E-state index contributed by atoms with van der Waals surface area (Å²) in [7, 11) is 0. The zero-order valence-corrected chi connectivity index (χ0v) is 13.1. The minimum absolute atomic E-state index is 0. The standard InChI is InChI=1S/C14H10F3NO2.Na.H/c15-14(16,17)9-4-3-5-10(8-9)18-12-7-2-1-6-11(12)13(19)20;;/h1-8,18H,(H,19,20);;/q;+1;-1. The molecule has 0 saturated carbocycles. The van der Waals surface area contributed by atoms with Gasteiger partial charge in [-0.1, -0.05) is 18.2 Å². The van der Waals surface area contributed by atoms with Gasteiger partial charge in [0.25, 0.3) is 0 Å². The van der Waals surface area contributed by atoms with Crippen LogP contribution in [0.5, 0.6) is 0 Å². The van der Waals surface area contributed by atoms with Crippen molar-refractivity contribution in [2.45, 2.75) is 6.18 Å². The summed E-state index contributed by atoms with van der Waals surface area (Å²) in [5, 5.41) is 11.7. The van der Waals surface area contributed by atoms with E-state index in [4.69, 9.17) is 5.11 Å². The van der Waals surface area contributed by atoms with Crippen LogP contribution in [0.15, 0.2) is 48.5 Å². The third-order valence-electron chi connectivity index (χ3n) is 2.63. The van der Waals surface area contributed by atoms with Crippen LogP contribution in [0.25, 0.3) is 0 Å². The van der Waals surface area contributed by atoms with Gasteiger partial charge in [0.1, 0.15) is 0 Å². The number of aromatic carboxylic acids is 1. The number of halogens is 3. The van der Waals surface area contributed by atoms with Gasteiger partial charge in [0, 0.05) is 5.69 Å². The van der Waals surface area contributed by atoms with Crippen molar-refractivity contribution in [3.63, 3.8) is 0 Å². The number of alkyl halides is 3. The van der Waals surface area contributed by atoms with E-state index < -0.39 is 17.7 Å². The topological polar surface area (TPSA) is 49.3 Å². The predicted molar refractivity (Wildman–Crippen MR) is 69.2 cm³/mol. The van der Waals surface area contributed by atoms with E-state index in [-0.39, 0.29) is 47.9 Å². The van der Waals surface area contributed by atoms with Crippen molar-refractivity contribution in [1.82, 2.24) is 0 Å². The number of benzene rings is 2. The van der Waals surface area contributed by atoms with E-state index in [1.165, 1.54) is 24.3 Å². The summed E-state index contributed by atoms with van der Waals surface area (Å²) in [6.45, 7) is 0. The van der Waals surface area contributed by atoms with Gasteiger partial charge in [-0.05, 0) is 30.3 Å². The monoisotopic (exact) mass is 305 g/mol. The first-order valence-corrected chi connectivity index (χ1v) is 5.64. The summed E-state index contributed by atoms with van der Waals surface area (Å²) in [6.07, 6.45) is -4.44. The van der Waals surface area contributed by atoms with Crippen molar-refractivity contribution < 1.29 is 54.1 Å². The quantitative estimate of drug-likeness (QED) is 0.840. The fourth-order valence-corrected chi connectivity index (χ4v) is 1.71. The van der Waals surface area contributed by atoms with Crippen molar-refractivity contribution >= 4 is 17.3 Å². The Labute approximate surface area is 142 Å². The molecule has 2 aromatic carbocycles. The summed E-state index contributed by atoms with van der Waals surface area (Å²) in [6, 6.07) is 10.6. The maximum atomic E-state index is 12.6. The molecule has 0 aliphatic heterocycles. The van der Waals surface area contributed by atoms with Crippen molar-refractivity contribution in [2.75, 3.05) is 5.32 Å². The Hall–Kier alpha value is -1.50. The molecule has 7 heteroatoms. The third kappa shape index (κ3) is 4.49. The van der Waals surface area contributed by atoms with Crippen molar-refractivity contribution in [2.24, 2.45) is 0 Å². The number of anilines is 2. The van der Waals surface area contributed by atoms with Gasteiger partial charge in [-0.25, -0.2) is 4.79 Å². The van der Waals surface area contributed by atoms with Crippen LogP contribution in [0.4, 0.5) is 24.5 Å². The maximum absolute atomic E-state index is 12.6. The van der Waals surface area contributed by atoms with E-state index in [9.17, 15) is 18.0 Å². The molecule has 0 heterocycles. The van der Waals surface area contributed by atoms with E-state index in [0.717, 1.165) is 12.1 Å². The Morgan fingerprint density at radius 1 is 1.10 bits per heavy atom. The van der Waals surface area contributed by atoms with Gasteiger partial charge < -0.3 is 11.8 Å². The molecule has 0 saturated heterocycles. The summed E-state index contributed by atoms with van der Waals surface area (Å²) < 4.78 is 37.8. The van der Waals surface area contributed by atoms with Gasteiger partial charge in [-0.3, -0.25) is 0 Å². The maximum Gasteiger partial charge on any atom is 1.00 e. The second-order valence-electron chi connectivity index (χ2n) is 4.05. The number of nitrogens with one attached hydrogen (secondary N) is 1. The summed E-state index contributed by atoms with van der Waals surface area (Å²) in [5.74, 6) is -1.15. The fraction of sp³-hybridized carbons (Fsp3) is 0.0714. The molecule has 0 aliphatic carbocycles. The first kappa shape index (κ1) is 17.6. The molecule has 0 spiro atoms. The average Bonchev–Trinajstić information content (AvgIpc) is 2.38. The second kappa shape index (κ2) is 6.98. The zero-order chi connectivity index (χ0) is 14.8. The molecule has 0 aliphatic rings. The third-order valence-corrected chi connectivity index (χ3v) is 2.63. The van der Waals surface area contributed by atoms with E-state index in [2.05, 4.69) is 5.32 Å². The SMILES string of the molecule is O=C(O)c1ccccc1Nc1cccc(C(F)(F)F)c1.[H-].[Na+]. The van der Waals surface area contributed by atoms with Crippen LogP contribution in [-0.4, -0.2) is 11.1 Å². The Morgan fingerprint density at radius 2 is 1.76 bits per heavy atom. The van der Waals surface area contributed by atoms with Crippen LogP contribution in [0.2, 0.25) is 0 Å². The molecule has 3 nitrogen and oxygen atoms in total. The van der Waals surface area contributed by atoms with Crippen LogP contribution >= 0.6 is 0 Å². The molecule has 0 fully saturated rings. The summed E-state index contributed by atoms with van der Waals surface area (Å²) in [5.41, 5.74) is -0.395. The molecule has 106 valence electrons. The minimum atomic E-state index is -4.44. The summed E-state index contributed by atoms with van der Waals surface area (Å²) >= 11 is 0. The molecule has 2 N–H and O–H groups in total. The van der Waals surface area contributed by atoms with Gasteiger partial charge in [0.2, 0.25) is 0 Å². The van der Waals surface area contributed by atoms with Crippen molar-refractivity contribution in [3.8, 4) is 0 Å². The van der Waals surface area contributed by atoms with E-state index in [0.29, 0.717) is 0 Å². The Morgan fingerprint density at radius 3 is 2.38 bits per heavy atom. The molecule has 2 aromatic rings. The number of carbonyl (C=O) groups is 1. The first-order chi connectivity index (χ1) is 9.38. The smallest absolute Gasteiger partial charge is 1.00 e. The second-order valence-corrected chi connectivity index (χ2v) is 4.05. The van der Waals surface area contributed by atoms with Crippen LogP contribution in [0.3, 0.4) is 0 Å². The molecule has 0 unspecified atom stereocenters. The first-order valence-electron chi connectivity index (χ1n) is 5.64. The Kier molecular flexibility index (Phi) is 5.83. The van der Waals surface area contributed by atoms with E-state index >= 15 is 0 Å². The summed E-state index contributed by atoms with van der Waals surface area (Å²) in [4.78, 5) is 11.0.